The van der Waals surface area contributed by atoms with Crippen LogP contribution in [-0.2, 0) is 6.54 Å². The Kier molecular flexibility index (Phi) is 5.36. The summed E-state index contributed by atoms with van der Waals surface area (Å²) in [7, 11) is 1.65. The molecule has 0 aliphatic carbocycles. The third-order valence-corrected chi connectivity index (χ3v) is 4.07. The van der Waals surface area contributed by atoms with Crippen LogP contribution in [-0.4, -0.2) is 17.1 Å². The first-order chi connectivity index (χ1) is 12.2. The van der Waals surface area contributed by atoms with E-state index in [0.717, 1.165) is 27.6 Å². The van der Waals surface area contributed by atoms with E-state index in [2.05, 4.69) is 20.6 Å². The fraction of sp³-hybridized carbons (Fsp3) is 0.158. The van der Waals surface area contributed by atoms with Crippen molar-refractivity contribution < 1.29 is 4.74 Å². The van der Waals surface area contributed by atoms with Gasteiger partial charge in [-0.15, -0.1) is 0 Å². The number of rotatable bonds is 6. The van der Waals surface area contributed by atoms with Gasteiger partial charge in [-0.25, -0.2) is 9.97 Å². The first-order valence-corrected chi connectivity index (χ1v) is 8.24. The summed E-state index contributed by atoms with van der Waals surface area (Å²) in [5.41, 5.74) is 3.00. The van der Waals surface area contributed by atoms with Crippen LogP contribution in [0.5, 0.6) is 5.75 Å². The molecule has 2 N–H and O–H groups in total. The number of methoxy groups -OCH3 is 1. The van der Waals surface area contributed by atoms with E-state index in [9.17, 15) is 0 Å². The van der Waals surface area contributed by atoms with Crippen LogP contribution in [0.2, 0.25) is 5.02 Å². The minimum absolute atomic E-state index is 0.587. The third kappa shape index (κ3) is 4.39. The van der Waals surface area contributed by atoms with Gasteiger partial charge in [-0.3, -0.25) is 0 Å². The largest absolute Gasteiger partial charge is 0.495 e. The van der Waals surface area contributed by atoms with Crippen LogP contribution in [0, 0.1) is 6.92 Å². The van der Waals surface area contributed by atoms with Gasteiger partial charge in [0.1, 0.15) is 23.7 Å². The molecule has 0 saturated carbocycles. The van der Waals surface area contributed by atoms with Crippen molar-refractivity contribution in [3.63, 3.8) is 0 Å². The number of ether oxygens (including phenoxy) is 1. The van der Waals surface area contributed by atoms with Gasteiger partial charge in [0.2, 0.25) is 0 Å². The van der Waals surface area contributed by atoms with Crippen LogP contribution in [0.3, 0.4) is 0 Å². The molecular weight excluding hydrogens is 336 g/mol. The van der Waals surface area contributed by atoms with Crippen molar-refractivity contribution >= 4 is 28.9 Å². The molecule has 0 atom stereocenters. The summed E-state index contributed by atoms with van der Waals surface area (Å²) in [6.07, 6.45) is 1.51. The Hall–Kier alpha value is -2.79. The van der Waals surface area contributed by atoms with Crippen molar-refractivity contribution in [2.45, 2.75) is 13.5 Å². The molecule has 0 fully saturated rings. The molecule has 0 radical (unpaired) electrons. The summed E-state index contributed by atoms with van der Waals surface area (Å²) in [5, 5.41) is 7.26. The lowest BCUT2D eigenvalue weighted by Crippen LogP contribution is -2.04. The van der Waals surface area contributed by atoms with E-state index in [-0.39, 0.29) is 0 Å². The number of anilines is 3. The number of hydrogen-bond donors (Lipinski definition) is 2. The van der Waals surface area contributed by atoms with Crippen LogP contribution in [0.1, 0.15) is 11.1 Å². The van der Waals surface area contributed by atoms with Gasteiger partial charge in [0, 0.05) is 17.6 Å². The van der Waals surface area contributed by atoms with E-state index >= 15 is 0 Å². The number of nitrogens with one attached hydrogen (secondary N) is 2. The summed E-state index contributed by atoms with van der Waals surface area (Å²) in [5.74, 6) is 2.15. The Balaban J connectivity index is 1.74. The van der Waals surface area contributed by atoms with Gasteiger partial charge in [-0.1, -0.05) is 35.9 Å². The second-order valence-corrected chi connectivity index (χ2v) is 5.97. The second kappa shape index (κ2) is 7.85. The zero-order valence-corrected chi connectivity index (χ0v) is 14.8. The van der Waals surface area contributed by atoms with Gasteiger partial charge in [0.05, 0.1) is 12.8 Å². The first-order valence-electron chi connectivity index (χ1n) is 7.86. The SMILES string of the molecule is COc1ccc(C)cc1Nc1cc(NCc2ccccc2Cl)ncn1. The van der Waals surface area contributed by atoms with Gasteiger partial charge < -0.3 is 15.4 Å². The molecule has 0 saturated heterocycles. The molecule has 0 aliphatic heterocycles. The van der Waals surface area contributed by atoms with Crippen molar-refractivity contribution in [2.75, 3.05) is 17.7 Å². The smallest absolute Gasteiger partial charge is 0.142 e. The second-order valence-electron chi connectivity index (χ2n) is 5.56. The average Bonchev–Trinajstić information content (AvgIpc) is 2.62. The highest BCUT2D eigenvalue weighted by Crippen LogP contribution is 2.28. The first kappa shape index (κ1) is 17.0. The fourth-order valence-corrected chi connectivity index (χ4v) is 2.61. The van der Waals surface area contributed by atoms with E-state index < -0.39 is 0 Å². The molecule has 3 aromatic rings. The molecule has 128 valence electrons. The van der Waals surface area contributed by atoms with Crippen LogP contribution < -0.4 is 15.4 Å². The summed E-state index contributed by atoms with van der Waals surface area (Å²) >= 11 is 6.18. The topological polar surface area (TPSA) is 59.1 Å². The van der Waals surface area contributed by atoms with Crippen LogP contribution in [0.4, 0.5) is 17.3 Å². The molecule has 0 amide bonds. The lowest BCUT2D eigenvalue weighted by molar-refractivity contribution is 0.416. The summed E-state index contributed by atoms with van der Waals surface area (Å²) in [6, 6.07) is 15.5. The number of aryl methyl sites for hydroxylation is 1. The minimum atomic E-state index is 0.587. The quantitative estimate of drug-likeness (QED) is 0.665. The molecule has 2 aromatic carbocycles. The van der Waals surface area contributed by atoms with Crippen molar-refractivity contribution in [1.82, 2.24) is 9.97 Å². The molecule has 0 spiro atoms. The molecule has 3 rings (SSSR count). The maximum Gasteiger partial charge on any atom is 0.142 e. The van der Waals surface area contributed by atoms with Crippen LogP contribution in [0.25, 0.3) is 0 Å². The zero-order valence-electron chi connectivity index (χ0n) is 14.1. The summed E-state index contributed by atoms with van der Waals surface area (Å²) in [4.78, 5) is 8.52. The summed E-state index contributed by atoms with van der Waals surface area (Å²) in [6.45, 7) is 2.62. The normalized spacial score (nSPS) is 10.4. The molecule has 1 aromatic heterocycles. The van der Waals surface area contributed by atoms with Gasteiger partial charge in [-0.2, -0.15) is 0 Å². The van der Waals surface area contributed by atoms with Crippen molar-refractivity contribution in [2.24, 2.45) is 0 Å². The predicted molar refractivity (Wildman–Crippen MR) is 102 cm³/mol. The van der Waals surface area contributed by atoms with Crippen molar-refractivity contribution in [3.8, 4) is 5.75 Å². The number of benzene rings is 2. The van der Waals surface area contributed by atoms with Crippen molar-refractivity contribution in [1.29, 1.82) is 0 Å². The van der Waals surface area contributed by atoms with Gasteiger partial charge in [0.15, 0.2) is 0 Å². The highest BCUT2D eigenvalue weighted by atomic mass is 35.5. The Labute approximate surface area is 152 Å². The Morgan fingerprint density at radius 3 is 2.64 bits per heavy atom. The molecule has 0 bridgehead atoms. The minimum Gasteiger partial charge on any atom is -0.495 e. The number of nitrogens with zero attached hydrogens (tertiary/aromatic N) is 2. The lowest BCUT2D eigenvalue weighted by atomic mass is 10.2. The average molecular weight is 355 g/mol. The van der Waals surface area contributed by atoms with E-state index in [0.29, 0.717) is 18.2 Å². The highest BCUT2D eigenvalue weighted by molar-refractivity contribution is 6.31. The van der Waals surface area contributed by atoms with Gasteiger partial charge >= 0.3 is 0 Å². The Bertz CT molecular complexity index is 870. The molecule has 6 heteroatoms. The number of halogens is 1. The molecule has 25 heavy (non-hydrogen) atoms. The van der Waals surface area contributed by atoms with Gasteiger partial charge in [-0.05, 0) is 36.2 Å². The Morgan fingerprint density at radius 2 is 1.84 bits per heavy atom. The van der Waals surface area contributed by atoms with Crippen LogP contribution >= 0.6 is 11.6 Å². The monoisotopic (exact) mass is 354 g/mol. The molecule has 0 aliphatic rings. The van der Waals surface area contributed by atoms with E-state index in [1.807, 2.05) is 55.5 Å². The van der Waals surface area contributed by atoms with E-state index in [1.54, 1.807) is 7.11 Å². The Morgan fingerprint density at radius 1 is 1.04 bits per heavy atom. The fourth-order valence-electron chi connectivity index (χ4n) is 2.41. The number of hydrogen-bond acceptors (Lipinski definition) is 5. The molecule has 5 nitrogen and oxygen atoms in total. The molecule has 1 heterocycles. The predicted octanol–water partition coefficient (Wildman–Crippen LogP) is 4.80. The van der Waals surface area contributed by atoms with Gasteiger partial charge in [0.25, 0.3) is 0 Å². The maximum absolute atomic E-state index is 6.18. The lowest BCUT2D eigenvalue weighted by Gasteiger charge is -2.12. The molecular formula is C19H19ClN4O. The third-order valence-electron chi connectivity index (χ3n) is 3.70. The summed E-state index contributed by atoms with van der Waals surface area (Å²) < 4.78 is 5.39. The van der Waals surface area contributed by atoms with E-state index in [4.69, 9.17) is 16.3 Å². The maximum atomic E-state index is 6.18. The highest BCUT2D eigenvalue weighted by Gasteiger charge is 2.06. The standard InChI is InChI=1S/C19H19ClN4O/c1-13-7-8-17(25-2)16(9-13)24-19-10-18(22-12-23-19)21-11-14-5-3-4-6-15(14)20/h3-10,12H,11H2,1-2H3,(H2,21,22,23,24). The number of aromatic nitrogens is 2. The van der Waals surface area contributed by atoms with Crippen LogP contribution in [0.15, 0.2) is 54.9 Å². The van der Waals surface area contributed by atoms with E-state index in [1.165, 1.54) is 6.33 Å². The van der Waals surface area contributed by atoms with Crippen molar-refractivity contribution in [3.05, 3.63) is 71.0 Å². The zero-order chi connectivity index (χ0) is 17.6. The molecule has 0 unspecified atom stereocenters.